The van der Waals surface area contributed by atoms with E-state index in [1.807, 2.05) is 24.3 Å². The van der Waals surface area contributed by atoms with E-state index in [2.05, 4.69) is 52.7 Å². The van der Waals surface area contributed by atoms with Crippen molar-refractivity contribution < 1.29 is 0 Å². The van der Waals surface area contributed by atoms with Gasteiger partial charge in [0.1, 0.15) is 17.7 Å². The van der Waals surface area contributed by atoms with Crippen LogP contribution in [0.2, 0.25) is 0 Å². The third-order valence-corrected chi connectivity index (χ3v) is 4.61. The number of hydrogen-bond donors (Lipinski definition) is 0. The molecule has 0 N–H and O–H groups in total. The highest BCUT2D eigenvalue weighted by Gasteiger charge is 2.23. The Morgan fingerprint density at radius 2 is 1.68 bits per heavy atom. The molecule has 1 aliphatic heterocycles. The summed E-state index contributed by atoms with van der Waals surface area (Å²) >= 11 is 10.5. The van der Waals surface area contributed by atoms with Crippen LogP contribution in [0.3, 0.4) is 0 Å². The van der Waals surface area contributed by atoms with Crippen molar-refractivity contribution in [3.63, 3.8) is 0 Å². The van der Waals surface area contributed by atoms with Gasteiger partial charge in [0.05, 0.1) is 5.69 Å². The van der Waals surface area contributed by atoms with Crippen molar-refractivity contribution in [1.29, 1.82) is 10.5 Å². The lowest BCUT2D eigenvalue weighted by Crippen LogP contribution is -2.19. The first kappa shape index (κ1) is 14.6. The molecular formula is C13H8Br3N3. The smallest absolute Gasteiger partial charge is 0.130 e. The van der Waals surface area contributed by atoms with E-state index in [0.717, 1.165) is 37.6 Å². The summed E-state index contributed by atoms with van der Waals surface area (Å²) < 4.78 is 2.94. The van der Waals surface area contributed by atoms with Crippen molar-refractivity contribution in [3.8, 4) is 12.1 Å². The molecule has 0 spiro atoms. The van der Waals surface area contributed by atoms with Gasteiger partial charge in [-0.25, -0.2) is 0 Å². The predicted octanol–water partition coefficient (Wildman–Crippen LogP) is 4.53. The molecule has 0 amide bonds. The zero-order valence-corrected chi connectivity index (χ0v) is 14.5. The summed E-state index contributed by atoms with van der Waals surface area (Å²) in [5.74, 6) is 0. The second-order valence-electron chi connectivity index (χ2n) is 4.09. The Kier molecular flexibility index (Phi) is 4.67. The number of rotatable bonds is 1. The van der Waals surface area contributed by atoms with E-state index in [-0.39, 0.29) is 5.57 Å². The van der Waals surface area contributed by atoms with Gasteiger partial charge in [0.25, 0.3) is 0 Å². The van der Waals surface area contributed by atoms with Crippen molar-refractivity contribution >= 4 is 53.5 Å². The Labute approximate surface area is 136 Å². The molecule has 19 heavy (non-hydrogen) atoms. The van der Waals surface area contributed by atoms with E-state index in [1.165, 1.54) is 0 Å². The lowest BCUT2D eigenvalue weighted by atomic mass is 10.1. The molecular weight excluding hydrogens is 438 g/mol. The van der Waals surface area contributed by atoms with E-state index in [9.17, 15) is 0 Å². The number of anilines is 1. The Morgan fingerprint density at radius 3 is 2.21 bits per heavy atom. The van der Waals surface area contributed by atoms with Gasteiger partial charge < -0.3 is 4.90 Å². The van der Waals surface area contributed by atoms with E-state index < -0.39 is 0 Å². The van der Waals surface area contributed by atoms with E-state index in [0.29, 0.717) is 6.54 Å². The Bertz CT molecular complexity index is 599. The van der Waals surface area contributed by atoms with E-state index in [4.69, 9.17) is 10.5 Å². The van der Waals surface area contributed by atoms with Crippen LogP contribution in [-0.4, -0.2) is 13.1 Å². The Balaban J connectivity index is 2.36. The fourth-order valence-electron chi connectivity index (χ4n) is 2.07. The van der Waals surface area contributed by atoms with Crippen LogP contribution < -0.4 is 4.90 Å². The Morgan fingerprint density at radius 1 is 1.11 bits per heavy atom. The van der Waals surface area contributed by atoms with Crippen LogP contribution in [0.15, 0.2) is 36.7 Å². The van der Waals surface area contributed by atoms with Gasteiger partial charge in [0.15, 0.2) is 0 Å². The second-order valence-corrected chi connectivity index (χ2v) is 6.72. The molecule has 0 atom stereocenters. The first-order valence-corrected chi connectivity index (χ1v) is 7.86. The third kappa shape index (κ3) is 3.02. The quantitative estimate of drug-likeness (QED) is 0.597. The average Bonchev–Trinajstić information content (AvgIpc) is 2.78. The molecule has 0 saturated carbocycles. The van der Waals surface area contributed by atoms with Gasteiger partial charge in [-0.2, -0.15) is 10.5 Å². The van der Waals surface area contributed by atoms with Crippen LogP contribution in [0, 0.1) is 22.7 Å². The summed E-state index contributed by atoms with van der Waals surface area (Å²) in [6.45, 7) is 1.43. The lowest BCUT2D eigenvalue weighted by Gasteiger charge is -2.21. The molecule has 1 aromatic rings. The standard InChI is InChI=1S/C13H8Br3N3/c14-10-3-11(15)13(12(16)4-10)19-2-1-8(7-19)9(5-17)6-18/h3-4H,1-2,7H2. The summed E-state index contributed by atoms with van der Waals surface area (Å²) in [6, 6.07) is 7.90. The zero-order valence-electron chi connectivity index (χ0n) is 9.75. The fraction of sp³-hybridized carbons (Fsp3) is 0.231. The molecule has 0 unspecified atom stereocenters. The number of nitriles is 2. The van der Waals surface area contributed by atoms with Gasteiger partial charge >= 0.3 is 0 Å². The summed E-state index contributed by atoms with van der Waals surface area (Å²) in [6.07, 6.45) is 0.755. The van der Waals surface area contributed by atoms with Crippen molar-refractivity contribution in [1.82, 2.24) is 0 Å². The second kappa shape index (κ2) is 6.09. The maximum absolute atomic E-state index is 8.92. The maximum atomic E-state index is 8.92. The minimum Gasteiger partial charge on any atom is -0.365 e. The van der Waals surface area contributed by atoms with Crippen LogP contribution in [-0.2, 0) is 0 Å². The van der Waals surface area contributed by atoms with Crippen LogP contribution in [0.1, 0.15) is 6.42 Å². The molecule has 2 rings (SSSR count). The molecule has 0 radical (unpaired) electrons. The number of benzene rings is 1. The number of nitrogens with zero attached hydrogens (tertiary/aromatic N) is 3. The van der Waals surface area contributed by atoms with Crippen molar-refractivity contribution in [2.75, 3.05) is 18.0 Å². The molecule has 6 heteroatoms. The van der Waals surface area contributed by atoms with Gasteiger partial charge in [-0.1, -0.05) is 15.9 Å². The summed E-state index contributed by atoms with van der Waals surface area (Å²) in [4.78, 5) is 2.16. The molecule has 0 aromatic heterocycles. The summed E-state index contributed by atoms with van der Waals surface area (Å²) in [5.41, 5.74) is 2.20. The number of halogens is 3. The average molecular weight is 446 g/mol. The number of allylic oxidation sites excluding steroid dienone is 1. The topological polar surface area (TPSA) is 50.8 Å². The number of hydrogen-bond acceptors (Lipinski definition) is 3. The zero-order chi connectivity index (χ0) is 14.0. The summed E-state index contributed by atoms with van der Waals surface area (Å²) in [5, 5.41) is 17.8. The lowest BCUT2D eigenvalue weighted by molar-refractivity contribution is 0.960. The SMILES string of the molecule is N#CC(C#N)=C1CCN(c2c(Br)cc(Br)cc2Br)C1. The first-order chi connectivity index (χ1) is 9.06. The highest BCUT2D eigenvalue weighted by atomic mass is 79.9. The molecule has 0 bridgehead atoms. The molecule has 3 nitrogen and oxygen atoms in total. The first-order valence-electron chi connectivity index (χ1n) is 5.48. The van der Waals surface area contributed by atoms with Gasteiger partial charge in [0.2, 0.25) is 0 Å². The molecule has 0 aliphatic carbocycles. The molecule has 1 fully saturated rings. The molecule has 1 aliphatic rings. The fourth-order valence-corrected chi connectivity index (χ4v) is 4.83. The largest absolute Gasteiger partial charge is 0.365 e. The van der Waals surface area contributed by atoms with Crippen LogP contribution >= 0.6 is 47.8 Å². The van der Waals surface area contributed by atoms with Crippen molar-refractivity contribution in [3.05, 3.63) is 36.7 Å². The predicted molar refractivity (Wildman–Crippen MR) is 84.6 cm³/mol. The minimum atomic E-state index is 0.242. The molecule has 96 valence electrons. The van der Waals surface area contributed by atoms with E-state index in [1.54, 1.807) is 0 Å². The molecule has 1 heterocycles. The normalized spacial score (nSPS) is 14.2. The van der Waals surface area contributed by atoms with E-state index >= 15 is 0 Å². The molecule has 1 aromatic carbocycles. The van der Waals surface area contributed by atoms with Gasteiger partial charge in [-0.05, 0) is 56.0 Å². The van der Waals surface area contributed by atoms with Crippen molar-refractivity contribution in [2.24, 2.45) is 0 Å². The monoisotopic (exact) mass is 443 g/mol. The Hall–Kier alpha value is -0.820. The van der Waals surface area contributed by atoms with Crippen molar-refractivity contribution in [2.45, 2.75) is 6.42 Å². The summed E-state index contributed by atoms with van der Waals surface area (Å²) in [7, 11) is 0. The van der Waals surface area contributed by atoms with Crippen LogP contribution in [0.4, 0.5) is 5.69 Å². The van der Waals surface area contributed by atoms with Crippen LogP contribution in [0.5, 0.6) is 0 Å². The maximum Gasteiger partial charge on any atom is 0.130 e. The molecule has 1 saturated heterocycles. The van der Waals surface area contributed by atoms with Crippen LogP contribution in [0.25, 0.3) is 0 Å². The van der Waals surface area contributed by atoms with Gasteiger partial charge in [-0.15, -0.1) is 0 Å². The highest BCUT2D eigenvalue weighted by molar-refractivity contribution is 9.11. The van der Waals surface area contributed by atoms with Gasteiger partial charge in [-0.3, -0.25) is 0 Å². The highest BCUT2D eigenvalue weighted by Crippen LogP contribution is 2.39. The van der Waals surface area contributed by atoms with Gasteiger partial charge in [0, 0.05) is 26.5 Å². The third-order valence-electron chi connectivity index (χ3n) is 2.94. The minimum absolute atomic E-state index is 0.242.